The van der Waals surface area contributed by atoms with E-state index in [2.05, 4.69) is 34.2 Å². The Balaban J connectivity index is 0.00000300. The number of carbonyl (C=O) groups is 1. The summed E-state index contributed by atoms with van der Waals surface area (Å²) in [5, 5.41) is 3.62. The zero-order valence-electron chi connectivity index (χ0n) is 18.4. The summed E-state index contributed by atoms with van der Waals surface area (Å²) in [4.78, 5) is 23.7. The lowest BCUT2D eigenvalue weighted by Crippen LogP contribution is -2.56. The molecule has 0 aromatic heterocycles. The van der Waals surface area contributed by atoms with Gasteiger partial charge in [0.15, 0.2) is 5.96 Å². The lowest BCUT2D eigenvalue weighted by atomic mass is 9.83. The number of ether oxygens (including phenoxy) is 1. The van der Waals surface area contributed by atoms with Crippen LogP contribution in [0.15, 0.2) is 4.99 Å². The van der Waals surface area contributed by atoms with Crippen molar-refractivity contribution in [2.75, 3.05) is 60.5 Å². The van der Waals surface area contributed by atoms with Crippen molar-refractivity contribution in [3.63, 3.8) is 0 Å². The van der Waals surface area contributed by atoms with Crippen LogP contribution in [0.4, 0.5) is 0 Å². The largest absolute Gasteiger partial charge is 0.368 e. The quantitative estimate of drug-likeness (QED) is 0.341. The lowest BCUT2D eigenvalue weighted by Gasteiger charge is -2.39. The van der Waals surface area contributed by atoms with Crippen molar-refractivity contribution < 1.29 is 9.53 Å². The molecule has 1 saturated carbocycles. The van der Waals surface area contributed by atoms with E-state index >= 15 is 0 Å². The van der Waals surface area contributed by atoms with Crippen molar-refractivity contribution in [2.45, 2.75) is 57.1 Å². The van der Waals surface area contributed by atoms with Gasteiger partial charge in [0, 0.05) is 52.4 Å². The van der Waals surface area contributed by atoms with E-state index in [4.69, 9.17) is 4.74 Å². The number of aliphatic imine (C=N–C) groups is 1. The van der Waals surface area contributed by atoms with Crippen LogP contribution in [0, 0.1) is 5.92 Å². The standard InChI is InChI=1S/C21H39N5O2.HI/c1-22-21(23-16-18(24(2)3)17-8-5-4-6-9-17)26-13-11-25(12-14-26)20(27)19-10-7-15-28-19;/h17-19H,4-16H2,1-3H3,(H,22,23);1H. The van der Waals surface area contributed by atoms with Crippen molar-refractivity contribution in [1.82, 2.24) is 20.0 Å². The molecule has 2 atom stereocenters. The zero-order valence-corrected chi connectivity index (χ0v) is 20.8. The van der Waals surface area contributed by atoms with Crippen LogP contribution in [0.1, 0.15) is 44.9 Å². The lowest BCUT2D eigenvalue weighted by molar-refractivity contribution is -0.142. The van der Waals surface area contributed by atoms with Crippen molar-refractivity contribution >= 4 is 35.8 Å². The molecule has 1 amide bonds. The number of likely N-dealkylation sites (N-methyl/N-ethyl adjacent to an activating group) is 1. The minimum Gasteiger partial charge on any atom is -0.368 e. The molecular weight excluding hydrogens is 481 g/mol. The summed E-state index contributed by atoms with van der Waals surface area (Å²) in [5.74, 6) is 1.91. The molecular formula is C21H40IN5O2. The highest BCUT2D eigenvalue weighted by atomic mass is 127. The summed E-state index contributed by atoms with van der Waals surface area (Å²) in [7, 11) is 6.25. The average molecular weight is 521 g/mol. The zero-order chi connectivity index (χ0) is 19.9. The fourth-order valence-electron chi connectivity index (χ4n) is 4.93. The second-order valence-corrected chi connectivity index (χ2v) is 8.67. The predicted octanol–water partition coefficient (Wildman–Crippen LogP) is 2.01. The van der Waals surface area contributed by atoms with Crippen LogP contribution in [0.2, 0.25) is 0 Å². The van der Waals surface area contributed by atoms with Crippen LogP contribution in [-0.4, -0.2) is 99.2 Å². The number of nitrogens with zero attached hydrogens (tertiary/aromatic N) is 4. The summed E-state index contributed by atoms with van der Waals surface area (Å²) < 4.78 is 5.56. The van der Waals surface area contributed by atoms with E-state index in [0.29, 0.717) is 6.04 Å². The highest BCUT2D eigenvalue weighted by Crippen LogP contribution is 2.28. The Labute approximate surface area is 193 Å². The van der Waals surface area contributed by atoms with Crippen molar-refractivity contribution in [1.29, 1.82) is 0 Å². The molecule has 8 heteroatoms. The molecule has 2 unspecified atom stereocenters. The molecule has 168 valence electrons. The second kappa shape index (κ2) is 12.3. The summed E-state index contributed by atoms with van der Waals surface area (Å²) in [6, 6.07) is 0.541. The number of amides is 1. The molecule has 0 radical (unpaired) electrons. The van der Waals surface area contributed by atoms with E-state index in [1.54, 1.807) is 0 Å². The highest BCUT2D eigenvalue weighted by Gasteiger charge is 2.31. The number of piperazine rings is 1. The van der Waals surface area contributed by atoms with Crippen LogP contribution in [0.25, 0.3) is 0 Å². The molecule has 3 rings (SSSR count). The molecule has 0 bridgehead atoms. The van der Waals surface area contributed by atoms with Crippen LogP contribution >= 0.6 is 24.0 Å². The maximum Gasteiger partial charge on any atom is 0.251 e. The Morgan fingerprint density at radius 3 is 2.28 bits per heavy atom. The van der Waals surface area contributed by atoms with Gasteiger partial charge >= 0.3 is 0 Å². The fourth-order valence-corrected chi connectivity index (χ4v) is 4.93. The Hall–Kier alpha value is -0.610. The van der Waals surface area contributed by atoms with Gasteiger partial charge in [0.2, 0.25) is 0 Å². The third-order valence-corrected chi connectivity index (χ3v) is 6.63. The van der Waals surface area contributed by atoms with Crippen molar-refractivity contribution in [3.05, 3.63) is 0 Å². The molecule has 2 saturated heterocycles. The Morgan fingerprint density at radius 1 is 1.07 bits per heavy atom. The van der Waals surface area contributed by atoms with E-state index in [9.17, 15) is 4.79 Å². The number of carbonyl (C=O) groups excluding carboxylic acids is 1. The summed E-state index contributed by atoms with van der Waals surface area (Å²) in [5.41, 5.74) is 0. The van der Waals surface area contributed by atoms with Crippen LogP contribution in [-0.2, 0) is 9.53 Å². The summed E-state index contributed by atoms with van der Waals surface area (Å²) >= 11 is 0. The van der Waals surface area contributed by atoms with E-state index < -0.39 is 0 Å². The third kappa shape index (κ3) is 6.69. The molecule has 2 heterocycles. The van der Waals surface area contributed by atoms with E-state index in [1.807, 2.05) is 11.9 Å². The van der Waals surface area contributed by atoms with Gasteiger partial charge in [-0.05, 0) is 45.7 Å². The minimum atomic E-state index is -0.208. The van der Waals surface area contributed by atoms with Gasteiger partial charge in [-0.1, -0.05) is 19.3 Å². The van der Waals surface area contributed by atoms with Crippen molar-refractivity contribution in [3.8, 4) is 0 Å². The van der Waals surface area contributed by atoms with Gasteiger partial charge in [-0.15, -0.1) is 24.0 Å². The minimum absolute atomic E-state index is 0. The number of guanidine groups is 1. The molecule has 0 aromatic rings. The van der Waals surface area contributed by atoms with Gasteiger partial charge in [-0.2, -0.15) is 0 Å². The number of hydrogen-bond acceptors (Lipinski definition) is 4. The monoisotopic (exact) mass is 521 g/mol. The molecule has 7 nitrogen and oxygen atoms in total. The Morgan fingerprint density at radius 2 is 1.72 bits per heavy atom. The second-order valence-electron chi connectivity index (χ2n) is 8.67. The van der Waals surface area contributed by atoms with Crippen LogP contribution in [0.5, 0.6) is 0 Å². The molecule has 3 fully saturated rings. The SMILES string of the molecule is CN=C(NCC(C1CCCCC1)N(C)C)N1CCN(C(=O)C2CCCO2)CC1.I. The number of rotatable bonds is 5. The smallest absolute Gasteiger partial charge is 0.251 e. The van der Waals surface area contributed by atoms with Gasteiger partial charge in [0.25, 0.3) is 5.91 Å². The van der Waals surface area contributed by atoms with E-state index in [0.717, 1.165) is 64.0 Å². The molecule has 0 spiro atoms. The number of halogens is 1. The van der Waals surface area contributed by atoms with Gasteiger partial charge < -0.3 is 24.8 Å². The Bertz CT molecular complexity index is 525. The van der Waals surface area contributed by atoms with Gasteiger partial charge in [-0.25, -0.2) is 0 Å². The fraction of sp³-hybridized carbons (Fsp3) is 0.905. The van der Waals surface area contributed by atoms with Gasteiger partial charge in [-0.3, -0.25) is 9.79 Å². The van der Waals surface area contributed by atoms with Crippen LogP contribution < -0.4 is 5.32 Å². The van der Waals surface area contributed by atoms with Gasteiger partial charge in [0.05, 0.1) is 0 Å². The first-order valence-electron chi connectivity index (χ1n) is 11.1. The number of nitrogens with one attached hydrogen (secondary N) is 1. The van der Waals surface area contributed by atoms with Gasteiger partial charge in [0.1, 0.15) is 6.10 Å². The summed E-state index contributed by atoms with van der Waals surface area (Å²) in [6.07, 6.45) is 8.46. The topological polar surface area (TPSA) is 60.4 Å². The van der Waals surface area contributed by atoms with E-state index in [-0.39, 0.29) is 36.0 Å². The van der Waals surface area contributed by atoms with Crippen LogP contribution in [0.3, 0.4) is 0 Å². The molecule has 2 aliphatic heterocycles. The van der Waals surface area contributed by atoms with E-state index in [1.165, 1.54) is 32.1 Å². The summed E-state index contributed by atoms with van der Waals surface area (Å²) in [6.45, 7) is 4.81. The molecule has 1 aliphatic carbocycles. The third-order valence-electron chi connectivity index (χ3n) is 6.63. The Kier molecular flexibility index (Phi) is 10.5. The van der Waals surface area contributed by atoms with Crippen molar-refractivity contribution in [2.24, 2.45) is 10.9 Å². The first kappa shape index (κ1) is 24.7. The number of hydrogen-bond donors (Lipinski definition) is 1. The first-order valence-corrected chi connectivity index (χ1v) is 11.1. The normalized spacial score (nSPS) is 25.1. The molecule has 1 N–H and O–H groups in total. The molecule has 29 heavy (non-hydrogen) atoms. The first-order chi connectivity index (χ1) is 13.6. The average Bonchev–Trinajstić information content (AvgIpc) is 3.26. The predicted molar refractivity (Wildman–Crippen MR) is 128 cm³/mol. The maximum absolute atomic E-state index is 12.5. The maximum atomic E-state index is 12.5. The highest BCUT2D eigenvalue weighted by molar-refractivity contribution is 14.0. The molecule has 0 aromatic carbocycles. The molecule has 3 aliphatic rings.